The number of benzene rings is 2. The summed E-state index contributed by atoms with van der Waals surface area (Å²) in [4.78, 5) is 0.332. The van der Waals surface area contributed by atoms with Crippen LogP contribution in [-0.4, -0.2) is 15.5 Å². The Morgan fingerprint density at radius 1 is 1.05 bits per heavy atom. The fourth-order valence-electron chi connectivity index (χ4n) is 2.22. The lowest BCUT2D eigenvalue weighted by atomic mass is 10.2. The minimum atomic E-state index is -3.56. The van der Waals surface area contributed by atoms with E-state index in [1.54, 1.807) is 25.2 Å². The van der Waals surface area contributed by atoms with Gasteiger partial charge in [-0.25, -0.2) is 8.42 Å². The van der Waals surface area contributed by atoms with Gasteiger partial charge in [-0.05, 0) is 43.2 Å². The van der Waals surface area contributed by atoms with Gasteiger partial charge in [-0.2, -0.15) is 0 Å². The van der Waals surface area contributed by atoms with Gasteiger partial charge in [0.15, 0.2) is 0 Å². The number of hydrogen-bond donors (Lipinski definition) is 1. The fraction of sp³-hybridized carbons (Fsp3) is 0.250. The Morgan fingerprint density at radius 3 is 2.19 bits per heavy atom. The first-order valence-corrected chi connectivity index (χ1v) is 8.15. The molecule has 0 fully saturated rings. The average Bonchev–Trinajstić information content (AvgIpc) is 2.46. The minimum absolute atomic E-state index is 0.332. The van der Waals surface area contributed by atoms with Gasteiger partial charge in [-0.1, -0.05) is 29.8 Å². The van der Waals surface area contributed by atoms with Crippen molar-refractivity contribution < 1.29 is 8.42 Å². The Hall–Kier alpha value is -1.85. The van der Waals surface area contributed by atoms with Crippen molar-refractivity contribution in [2.24, 2.45) is 5.73 Å². The molecule has 0 aliphatic rings. The van der Waals surface area contributed by atoms with Crippen LogP contribution in [0, 0.1) is 13.8 Å². The van der Waals surface area contributed by atoms with E-state index in [1.807, 2.05) is 38.1 Å². The summed E-state index contributed by atoms with van der Waals surface area (Å²) in [6, 6.07) is 12.5. The van der Waals surface area contributed by atoms with Gasteiger partial charge >= 0.3 is 0 Å². The fourth-order valence-corrected chi connectivity index (χ4v) is 3.62. The molecule has 2 aromatic rings. The van der Waals surface area contributed by atoms with Crippen LogP contribution < -0.4 is 10.0 Å². The standard InChI is InChI=1S/C16H20N2O2S/c1-12-4-9-16(13(2)10-12)21(19,20)18(3)15-7-5-14(11-17)6-8-15/h4-10H,11,17H2,1-3H3. The highest BCUT2D eigenvalue weighted by Gasteiger charge is 2.23. The molecule has 0 saturated heterocycles. The highest BCUT2D eigenvalue weighted by Crippen LogP contribution is 2.25. The van der Waals surface area contributed by atoms with E-state index < -0.39 is 10.0 Å². The molecule has 0 spiro atoms. The smallest absolute Gasteiger partial charge is 0.264 e. The van der Waals surface area contributed by atoms with Crippen molar-refractivity contribution >= 4 is 15.7 Å². The zero-order valence-electron chi connectivity index (χ0n) is 12.5. The van der Waals surface area contributed by atoms with Crippen LogP contribution in [0.15, 0.2) is 47.4 Å². The number of nitrogens with two attached hydrogens (primary N) is 1. The van der Waals surface area contributed by atoms with Crippen LogP contribution in [0.25, 0.3) is 0 Å². The number of aryl methyl sites for hydroxylation is 2. The van der Waals surface area contributed by atoms with Crippen LogP contribution in [0.3, 0.4) is 0 Å². The first-order chi connectivity index (χ1) is 9.86. The molecule has 0 bridgehead atoms. The maximum Gasteiger partial charge on any atom is 0.264 e. The van der Waals surface area contributed by atoms with Gasteiger partial charge in [0.05, 0.1) is 10.6 Å². The summed E-state index contributed by atoms with van der Waals surface area (Å²) in [6.45, 7) is 4.19. The monoisotopic (exact) mass is 304 g/mol. The second-order valence-electron chi connectivity index (χ2n) is 5.11. The first-order valence-electron chi connectivity index (χ1n) is 6.71. The van der Waals surface area contributed by atoms with Crippen molar-refractivity contribution in [1.29, 1.82) is 0 Å². The van der Waals surface area contributed by atoms with E-state index in [2.05, 4.69) is 0 Å². The molecule has 0 amide bonds. The summed E-state index contributed by atoms with van der Waals surface area (Å²) in [5, 5.41) is 0. The molecular weight excluding hydrogens is 284 g/mol. The SMILES string of the molecule is Cc1ccc(S(=O)(=O)N(C)c2ccc(CN)cc2)c(C)c1. The highest BCUT2D eigenvalue weighted by atomic mass is 32.2. The molecule has 0 saturated carbocycles. The van der Waals surface area contributed by atoms with Crippen molar-refractivity contribution in [2.45, 2.75) is 25.3 Å². The number of anilines is 1. The van der Waals surface area contributed by atoms with Crippen molar-refractivity contribution in [2.75, 3.05) is 11.4 Å². The van der Waals surface area contributed by atoms with Gasteiger partial charge in [0.2, 0.25) is 0 Å². The topological polar surface area (TPSA) is 63.4 Å². The molecule has 2 rings (SSSR count). The van der Waals surface area contributed by atoms with Crippen LogP contribution in [0.1, 0.15) is 16.7 Å². The number of hydrogen-bond acceptors (Lipinski definition) is 3. The second kappa shape index (κ2) is 5.87. The van der Waals surface area contributed by atoms with E-state index in [4.69, 9.17) is 5.73 Å². The Morgan fingerprint density at radius 2 is 1.67 bits per heavy atom. The van der Waals surface area contributed by atoms with E-state index in [0.717, 1.165) is 16.7 Å². The van der Waals surface area contributed by atoms with Gasteiger partial charge in [-0.15, -0.1) is 0 Å². The molecule has 112 valence electrons. The van der Waals surface area contributed by atoms with Crippen LogP contribution >= 0.6 is 0 Å². The molecule has 0 aliphatic carbocycles. The summed E-state index contributed by atoms with van der Waals surface area (Å²) < 4.78 is 26.7. The largest absolute Gasteiger partial charge is 0.326 e. The van der Waals surface area contributed by atoms with E-state index in [-0.39, 0.29) is 0 Å². The predicted octanol–water partition coefficient (Wildman–Crippen LogP) is 2.59. The Bertz CT molecular complexity index is 737. The Kier molecular flexibility index (Phi) is 4.34. The van der Waals surface area contributed by atoms with Crippen molar-refractivity contribution in [1.82, 2.24) is 0 Å². The molecule has 2 aromatic carbocycles. The lowest BCUT2D eigenvalue weighted by Crippen LogP contribution is -2.27. The van der Waals surface area contributed by atoms with Crippen molar-refractivity contribution in [3.05, 3.63) is 59.2 Å². The third-order valence-electron chi connectivity index (χ3n) is 3.50. The quantitative estimate of drug-likeness (QED) is 0.944. The molecule has 5 heteroatoms. The van der Waals surface area contributed by atoms with Gasteiger partial charge in [0.25, 0.3) is 10.0 Å². The normalized spacial score (nSPS) is 11.4. The molecule has 2 N–H and O–H groups in total. The van der Waals surface area contributed by atoms with Gasteiger partial charge in [-0.3, -0.25) is 4.31 Å². The molecule has 0 aromatic heterocycles. The Balaban J connectivity index is 2.42. The van der Waals surface area contributed by atoms with Gasteiger partial charge in [0.1, 0.15) is 0 Å². The van der Waals surface area contributed by atoms with Crippen LogP contribution in [0.5, 0.6) is 0 Å². The summed E-state index contributed by atoms with van der Waals surface area (Å²) in [5.74, 6) is 0. The Labute approximate surface area is 126 Å². The first kappa shape index (κ1) is 15.5. The summed E-state index contributed by atoms with van der Waals surface area (Å²) in [7, 11) is -2.00. The van der Waals surface area contributed by atoms with Gasteiger partial charge < -0.3 is 5.73 Å². The van der Waals surface area contributed by atoms with Crippen molar-refractivity contribution in [3.63, 3.8) is 0 Å². The molecule has 0 aliphatic heterocycles. The van der Waals surface area contributed by atoms with E-state index in [1.165, 1.54) is 4.31 Å². The maximum atomic E-state index is 12.7. The maximum absolute atomic E-state index is 12.7. The highest BCUT2D eigenvalue weighted by molar-refractivity contribution is 7.92. The lowest BCUT2D eigenvalue weighted by Gasteiger charge is -2.21. The molecular formula is C16H20N2O2S. The number of sulfonamides is 1. The molecule has 0 atom stereocenters. The molecule has 4 nitrogen and oxygen atoms in total. The van der Waals surface area contributed by atoms with Crippen molar-refractivity contribution in [3.8, 4) is 0 Å². The van der Waals surface area contributed by atoms with Crippen LogP contribution in [0.4, 0.5) is 5.69 Å². The molecule has 21 heavy (non-hydrogen) atoms. The lowest BCUT2D eigenvalue weighted by molar-refractivity contribution is 0.594. The van der Waals surface area contributed by atoms with E-state index in [0.29, 0.717) is 17.1 Å². The summed E-state index contributed by atoms with van der Waals surface area (Å²) >= 11 is 0. The summed E-state index contributed by atoms with van der Waals surface area (Å²) in [5.41, 5.74) is 8.93. The number of nitrogens with zero attached hydrogens (tertiary/aromatic N) is 1. The van der Waals surface area contributed by atoms with E-state index >= 15 is 0 Å². The predicted molar refractivity (Wildman–Crippen MR) is 85.8 cm³/mol. The molecule has 0 heterocycles. The van der Waals surface area contributed by atoms with E-state index in [9.17, 15) is 8.42 Å². The number of rotatable bonds is 4. The third kappa shape index (κ3) is 3.09. The zero-order valence-corrected chi connectivity index (χ0v) is 13.3. The minimum Gasteiger partial charge on any atom is -0.326 e. The van der Waals surface area contributed by atoms with Crippen LogP contribution in [-0.2, 0) is 16.6 Å². The summed E-state index contributed by atoms with van der Waals surface area (Å²) in [6.07, 6.45) is 0. The average molecular weight is 304 g/mol. The third-order valence-corrected chi connectivity index (χ3v) is 5.45. The molecule has 0 radical (unpaired) electrons. The van der Waals surface area contributed by atoms with Crippen LogP contribution in [0.2, 0.25) is 0 Å². The molecule has 0 unspecified atom stereocenters. The second-order valence-corrected chi connectivity index (χ2v) is 7.05. The zero-order chi connectivity index (χ0) is 15.6. The van der Waals surface area contributed by atoms with Gasteiger partial charge in [0, 0.05) is 13.6 Å².